The predicted molar refractivity (Wildman–Crippen MR) is 73.4 cm³/mol. The highest BCUT2D eigenvalue weighted by atomic mass is 16.4. The fourth-order valence-electron chi connectivity index (χ4n) is 2.97. The van der Waals surface area contributed by atoms with Gasteiger partial charge in [-0.25, -0.2) is 0 Å². The second-order valence-corrected chi connectivity index (χ2v) is 5.37. The fraction of sp³-hybridized carbons (Fsp3) is 0.438. The average Bonchev–Trinajstić information content (AvgIpc) is 2.38. The van der Waals surface area contributed by atoms with Crippen molar-refractivity contribution in [1.29, 1.82) is 0 Å². The lowest BCUT2D eigenvalue weighted by atomic mass is 9.63. The summed E-state index contributed by atoms with van der Waals surface area (Å²) in [5.41, 5.74) is 1.15. The maximum atomic E-state index is 11.8. The van der Waals surface area contributed by atoms with E-state index >= 15 is 0 Å². The van der Waals surface area contributed by atoms with Crippen LogP contribution < -0.4 is 0 Å². The average molecular weight is 244 g/mol. The van der Waals surface area contributed by atoms with Crippen LogP contribution in [0.5, 0.6) is 0 Å². The molecule has 0 amide bonds. The molecule has 3 atom stereocenters. The van der Waals surface area contributed by atoms with Crippen molar-refractivity contribution >= 4 is 12.0 Å². The van der Waals surface area contributed by atoms with E-state index in [-0.39, 0.29) is 5.92 Å². The molecule has 1 aromatic carbocycles. The minimum absolute atomic E-state index is 0.0508. The van der Waals surface area contributed by atoms with Gasteiger partial charge >= 0.3 is 5.97 Å². The van der Waals surface area contributed by atoms with Crippen molar-refractivity contribution in [3.05, 3.63) is 41.5 Å². The first kappa shape index (κ1) is 12.9. The van der Waals surface area contributed by atoms with Crippen LogP contribution in [0.15, 0.2) is 30.3 Å². The molecule has 0 aliphatic heterocycles. The van der Waals surface area contributed by atoms with Crippen LogP contribution >= 0.6 is 0 Å². The van der Waals surface area contributed by atoms with E-state index < -0.39 is 11.4 Å². The van der Waals surface area contributed by atoms with Crippen LogP contribution in [0.2, 0.25) is 0 Å². The zero-order chi connectivity index (χ0) is 13.3. The molecule has 0 spiro atoms. The van der Waals surface area contributed by atoms with E-state index in [1.54, 1.807) is 0 Å². The monoisotopic (exact) mass is 244 g/mol. The smallest absolute Gasteiger partial charge is 0.314 e. The number of carbonyl (C=O) groups is 1. The molecule has 2 heteroatoms. The molecule has 96 valence electrons. The number of rotatable bonds is 3. The van der Waals surface area contributed by atoms with E-state index in [1.807, 2.05) is 31.2 Å². The first-order valence-corrected chi connectivity index (χ1v) is 6.53. The Hall–Kier alpha value is -1.57. The van der Waals surface area contributed by atoms with Crippen LogP contribution in [0.3, 0.4) is 0 Å². The van der Waals surface area contributed by atoms with Gasteiger partial charge in [-0.05, 0) is 29.9 Å². The van der Waals surface area contributed by atoms with Crippen molar-refractivity contribution in [1.82, 2.24) is 0 Å². The van der Waals surface area contributed by atoms with Crippen molar-refractivity contribution in [2.24, 2.45) is 11.8 Å². The number of allylic oxidation sites excluding steroid dienone is 1. The molecule has 0 radical (unpaired) electrons. The summed E-state index contributed by atoms with van der Waals surface area (Å²) in [6.07, 6.45) is 5.13. The third-order valence-electron chi connectivity index (χ3n) is 4.37. The summed E-state index contributed by atoms with van der Waals surface area (Å²) in [6.45, 7) is 6.10. The van der Waals surface area contributed by atoms with Gasteiger partial charge in [0.25, 0.3) is 0 Å². The topological polar surface area (TPSA) is 37.3 Å². The maximum Gasteiger partial charge on any atom is 0.314 e. The number of carboxylic acid groups (broad SMARTS) is 1. The van der Waals surface area contributed by atoms with E-state index in [9.17, 15) is 9.90 Å². The van der Waals surface area contributed by atoms with Gasteiger partial charge in [-0.2, -0.15) is 0 Å². The number of carboxylic acids is 1. The summed E-state index contributed by atoms with van der Waals surface area (Å²) >= 11 is 0. The lowest BCUT2D eigenvalue weighted by molar-refractivity contribution is -0.145. The Morgan fingerprint density at radius 1 is 1.44 bits per heavy atom. The normalized spacial score (nSPS) is 27.6. The number of hydrogen-bond donors (Lipinski definition) is 1. The van der Waals surface area contributed by atoms with Crippen molar-refractivity contribution in [3.63, 3.8) is 0 Å². The van der Waals surface area contributed by atoms with Crippen molar-refractivity contribution < 1.29 is 9.90 Å². The predicted octanol–water partition coefficient (Wildman–Crippen LogP) is 3.72. The van der Waals surface area contributed by atoms with Gasteiger partial charge in [0.1, 0.15) is 0 Å². The van der Waals surface area contributed by atoms with E-state index in [4.69, 9.17) is 0 Å². The Balaban J connectivity index is 2.59. The molecule has 2 nitrogen and oxygen atoms in total. The molecule has 0 saturated heterocycles. The molecule has 1 aliphatic rings. The third-order valence-corrected chi connectivity index (χ3v) is 4.37. The van der Waals surface area contributed by atoms with Gasteiger partial charge in [-0.3, -0.25) is 4.79 Å². The molecule has 0 unspecified atom stereocenters. The number of aliphatic carboxylic acids is 1. The zero-order valence-corrected chi connectivity index (χ0v) is 11.2. The van der Waals surface area contributed by atoms with Gasteiger partial charge in [0.2, 0.25) is 0 Å². The Morgan fingerprint density at radius 3 is 2.72 bits per heavy atom. The summed E-state index contributed by atoms with van der Waals surface area (Å²) in [4.78, 5) is 11.8. The molecule has 0 aromatic heterocycles. The van der Waals surface area contributed by atoms with Gasteiger partial charge in [0, 0.05) is 0 Å². The zero-order valence-electron chi connectivity index (χ0n) is 11.2. The molecule has 1 aliphatic carbocycles. The van der Waals surface area contributed by atoms with Crippen LogP contribution in [0, 0.1) is 11.8 Å². The fourth-order valence-corrected chi connectivity index (χ4v) is 2.97. The van der Waals surface area contributed by atoms with E-state index in [2.05, 4.69) is 26.0 Å². The Labute approximate surface area is 108 Å². The van der Waals surface area contributed by atoms with Gasteiger partial charge in [-0.1, -0.05) is 56.7 Å². The largest absolute Gasteiger partial charge is 0.481 e. The number of hydrogen-bond acceptors (Lipinski definition) is 1. The molecule has 1 aromatic rings. The molecular formula is C16H20O2. The van der Waals surface area contributed by atoms with E-state index in [0.29, 0.717) is 5.92 Å². The third kappa shape index (κ3) is 1.76. The van der Waals surface area contributed by atoms with Gasteiger partial charge in [0.05, 0.1) is 5.41 Å². The maximum absolute atomic E-state index is 11.8. The van der Waals surface area contributed by atoms with Gasteiger partial charge < -0.3 is 5.11 Å². The first-order valence-electron chi connectivity index (χ1n) is 6.53. The second kappa shape index (κ2) is 4.60. The lowest BCUT2D eigenvalue weighted by Gasteiger charge is -2.39. The molecule has 0 fully saturated rings. The summed E-state index contributed by atoms with van der Waals surface area (Å²) < 4.78 is 0. The second-order valence-electron chi connectivity index (χ2n) is 5.37. The Morgan fingerprint density at radius 2 is 2.11 bits per heavy atom. The molecular weight excluding hydrogens is 224 g/mol. The molecule has 2 rings (SSSR count). The SMILES string of the molecule is CC[C@@H](C)[C@@H]1C=Cc2ccccc2[C@]1(C)C(=O)O. The number of fused-ring (bicyclic) bond motifs is 1. The Kier molecular flexibility index (Phi) is 3.29. The van der Waals surface area contributed by atoms with Gasteiger partial charge in [0.15, 0.2) is 0 Å². The summed E-state index contributed by atoms with van der Waals surface area (Å²) in [7, 11) is 0. The first-order chi connectivity index (χ1) is 8.51. The van der Waals surface area contributed by atoms with E-state index in [0.717, 1.165) is 17.5 Å². The quantitative estimate of drug-likeness (QED) is 0.880. The van der Waals surface area contributed by atoms with Gasteiger partial charge in [-0.15, -0.1) is 0 Å². The van der Waals surface area contributed by atoms with Crippen LogP contribution in [-0.4, -0.2) is 11.1 Å². The highest BCUT2D eigenvalue weighted by Crippen LogP contribution is 2.44. The molecule has 18 heavy (non-hydrogen) atoms. The molecule has 0 bridgehead atoms. The highest BCUT2D eigenvalue weighted by Gasteiger charge is 2.46. The van der Waals surface area contributed by atoms with Crippen molar-refractivity contribution in [3.8, 4) is 0 Å². The Bertz CT molecular complexity index is 490. The molecule has 1 N–H and O–H groups in total. The minimum Gasteiger partial charge on any atom is -0.481 e. The van der Waals surface area contributed by atoms with Crippen molar-refractivity contribution in [2.45, 2.75) is 32.6 Å². The highest BCUT2D eigenvalue weighted by molar-refractivity contribution is 5.85. The summed E-state index contributed by atoms with van der Waals surface area (Å²) in [6, 6.07) is 7.81. The van der Waals surface area contributed by atoms with Crippen LogP contribution in [0.25, 0.3) is 6.08 Å². The minimum atomic E-state index is -0.819. The molecule has 0 saturated carbocycles. The lowest BCUT2D eigenvalue weighted by Crippen LogP contribution is -2.44. The molecule has 0 heterocycles. The summed E-state index contributed by atoms with van der Waals surface area (Å²) in [5.74, 6) is -0.324. The number of benzene rings is 1. The van der Waals surface area contributed by atoms with Crippen LogP contribution in [0.1, 0.15) is 38.3 Å². The van der Waals surface area contributed by atoms with E-state index in [1.165, 1.54) is 0 Å². The summed E-state index contributed by atoms with van der Waals surface area (Å²) in [5, 5.41) is 9.73. The van der Waals surface area contributed by atoms with Crippen LogP contribution in [-0.2, 0) is 10.2 Å². The van der Waals surface area contributed by atoms with Crippen LogP contribution in [0.4, 0.5) is 0 Å². The standard InChI is InChI=1S/C16H20O2/c1-4-11(2)13-10-9-12-7-5-6-8-14(12)16(13,3)15(17)18/h5-11,13H,4H2,1-3H3,(H,17,18)/t11-,13+,16-/m1/s1. The van der Waals surface area contributed by atoms with Crippen molar-refractivity contribution in [2.75, 3.05) is 0 Å².